The number of pyridine rings is 1. The van der Waals surface area contributed by atoms with Gasteiger partial charge in [-0.15, -0.1) is 0 Å². The van der Waals surface area contributed by atoms with Gasteiger partial charge in [0.05, 0.1) is 17.6 Å². The van der Waals surface area contributed by atoms with E-state index >= 15 is 0 Å². The van der Waals surface area contributed by atoms with Gasteiger partial charge in [0.2, 0.25) is 0 Å². The monoisotopic (exact) mass is 428 g/mol. The van der Waals surface area contributed by atoms with Crippen LogP contribution >= 0.6 is 0 Å². The molecule has 3 heterocycles. The molecule has 1 aromatic carbocycles. The fourth-order valence-corrected chi connectivity index (χ4v) is 4.31. The molecule has 1 saturated carbocycles. The highest BCUT2D eigenvalue weighted by atomic mass is 15.3. The van der Waals surface area contributed by atoms with Crippen molar-refractivity contribution < 1.29 is 0 Å². The Kier molecular flexibility index (Phi) is 5.22. The molecule has 0 spiro atoms. The number of anilines is 2. The lowest BCUT2D eigenvalue weighted by atomic mass is 10.1. The summed E-state index contributed by atoms with van der Waals surface area (Å²) < 4.78 is 1.85. The van der Waals surface area contributed by atoms with Gasteiger partial charge in [0, 0.05) is 35.6 Å². The minimum atomic E-state index is 0.244. The molecule has 4 aromatic rings. The molecule has 0 radical (unpaired) electrons. The molecule has 0 bridgehead atoms. The van der Waals surface area contributed by atoms with Crippen LogP contribution in [0.25, 0.3) is 27.8 Å². The van der Waals surface area contributed by atoms with Crippen molar-refractivity contribution in [3.63, 3.8) is 0 Å². The molecule has 5 N–H and O–H groups in total. The molecule has 0 saturated heterocycles. The first-order valence-corrected chi connectivity index (χ1v) is 11.1. The third-order valence-electron chi connectivity index (χ3n) is 6.14. The van der Waals surface area contributed by atoms with Gasteiger partial charge < -0.3 is 16.8 Å². The maximum atomic E-state index is 6.20. The lowest BCUT2D eigenvalue weighted by Crippen LogP contribution is -2.22. The van der Waals surface area contributed by atoms with E-state index in [4.69, 9.17) is 21.4 Å². The van der Waals surface area contributed by atoms with Crippen LogP contribution in [-0.4, -0.2) is 36.8 Å². The summed E-state index contributed by atoms with van der Waals surface area (Å²) in [6, 6.07) is 8.80. The zero-order valence-corrected chi connectivity index (χ0v) is 18.4. The van der Waals surface area contributed by atoms with E-state index in [0.717, 1.165) is 59.5 Å². The molecule has 2 atom stereocenters. The summed E-state index contributed by atoms with van der Waals surface area (Å²) in [5.74, 6) is 1.18. The molecule has 3 aromatic heterocycles. The van der Waals surface area contributed by atoms with Crippen LogP contribution in [-0.2, 0) is 6.42 Å². The van der Waals surface area contributed by atoms with E-state index in [1.807, 2.05) is 29.2 Å². The Bertz CT molecular complexity index is 1260. The SMILES string of the molecule is CCc1nc2c(N)ncc(-c3cnn(-c4ccc(C)cc4)c3)c2nc1N[C@@H]1CC[C@H](N)C1. The number of aromatic nitrogens is 5. The van der Waals surface area contributed by atoms with E-state index in [2.05, 4.69) is 41.4 Å². The summed E-state index contributed by atoms with van der Waals surface area (Å²) in [7, 11) is 0. The topological polar surface area (TPSA) is 121 Å². The molecular weight excluding hydrogens is 400 g/mol. The van der Waals surface area contributed by atoms with E-state index < -0.39 is 0 Å². The van der Waals surface area contributed by atoms with Gasteiger partial charge in [-0.1, -0.05) is 24.6 Å². The van der Waals surface area contributed by atoms with Crippen molar-refractivity contribution in [3.8, 4) is 16.8 Å². The first-order valence-electron chi connectivity index (χ1n) is 11.1. The summed E-state index contributed by atoms with van der Waals surface area (Å²) in [5, 5.41) is 8.13. The van der Waals surface area contributed by atoms with Crippen LogP contribution in [0, 0.1) is 6.92 Å². The van der Waals surface area contributed by atoms with Crippen molar-refractivity contribution in [2.75, 3.05) is 11.1 Å². The summed E-state index contributed by atoms with van der Waals surface area (Å²) in [6.45, 7) is 4.14. The van der Waals surface area contributed by atoms with Crippen LogP contribution in [0.3, 0.4) is 0 Å². The van der Waals surface area contributed by atoms with Crippen molar-refractivity contribution in [1.29, 1.82) is 0 Å². The summed E-state index contributed by atoms with van der Waals surface area (Å²) in [5.41, 5.74) is 18.5. The zero-order chi connectivity index (χ0) is 22.2. The van der Waals surface area contributed by atoms with Gasteiger partial charge in [-0.2, -0.15) is 5.10 Å². The van der Waals surface area contributed by atoms with Crippen LogP contribution in [0.5, 0.6) is 0 Å². The molecule has 32 heavy (non-hydrogen) atoms. The van der Waals surface area contributed by atoms with Crippen LogP contribution < -0.4 is 16.8 Å². The summed E-state index contributed by atoms with van der Waals surface area (Å²) in [4.78, 5) is 14.2. The molecule has 164 valence electrons. The molecule has 5 rings (SSSR count). The van der Waals surface area contributed by atoms with Gasteiger partial charge in [-0.05, 0) is 44.7 Å². The van der Waals surface area contributed by atoms with Gasteiger partial charge in [-0.25, -0.2) is 19.6 Å². The van der Waals surface area contributed by atoms with Gasteiger partial charge in [0.15, 0.2) is 5.82 Å². The van der Waals surface area contributed by atoms with Crippen molar-refractivity contribution in [3.05, 3.63) is 54.1 Å². The Hall–Kier alpha value is -3.52. The fraction of sp³-hybridized carbons (Fsp3) is 0.333. The first kappa shape index (κ1) is 20.4. The second-order valence-electron chi connectivity index (χ2n) is 8.55. The van der Waals surface area contributed by atoms with Crippen LogP contribution in [0.4, 0.5) is 11.6 Å². The molecule has 0 aliphatic heterocycles. The third-order valence-corrected chi connectivity index (χ3v) is 6.14. The number of rotatable bonds is 5. The van der Waals surface area contributed by atoms with Gasteiger partial charge in [0.25, 0.3) is 0 Å². The maximum Gasteiger partial charge on any atom is 0.151 e. The number of hydrogen-bond donors (Lipinski definition) is 3. The Morgan fingerprint density at radius 3 is 2.62 bits per heavy atom. The number of nitrogens with two attached hydrogens (primary N) is 2. The Balaban J connectivity index is 1.58. The summed E-state index contributed by atoms with van der Waals surface area (Å²) in [6.07, 6.45) is 9.32. The highest BCUT2D eigenvalue weighted by Gasteiger charge is 2.24. The molecular formula is C24H28N8. The van der Waals surface area contributed by atoms with E-state index in [1.54, 1.807) is 6.20 Å². The zero-order valence-electron chi connectivity index (χ0n) is 18.4. The predicted octanol–water partition coefficient (Wildman–Crippen LogP) is 3.62. The molecule has 8 heteroatoms. The van der Waals surface area contributed by atoms with Crippen molar-refractivity contribution in [2.24, 2.45) is 5.73 Å². The fourth-order valence-electron chi connectivity index (χ4n) is 4.31. The van der Waals surface area contributed by atoms with Crippen molar-refractivity contribution >= 4 is 22.7 Å². The van der Waals surface area contributed by atoms with Crippen molar-refractivity contribution in [2.45, 2.75) is 51.6 Å². The minimum absolute atomic E-state index is 0.244. The molecule has 8 nitrogen and oxygen atoms in total. The third kappa shape index (κ3) is 3.78. The maximum absolute atomic E-state index is 6.20. The van der Waals surface area contributed by atoms with Gasteiger partial charge in [-0.3, -0.25) is 0 Å². The van der Waals surface area contributed by atoms with Crippen molar-refractivity contribution in [1.82, 2.24) is 24.7 Å². The number of nitrogen functional groups attached to an aromatic ring is 1. The van der Waals surface area contributed by atoms with E-state index in [0.29, 0.717) is 17.4 Å². The van der Waals surface area contributed by atoms with Crippen LogP contribution in [0.1, 0.15) is 37.4 Å². The molecule has 0 unspecified atom stereocenters. The smallest absolute Gasteiger partial charge is 0.151 e. The molecule has 0 amide bonds. The molecule has 1 aliphatic carbocycles. The summed E-state index contributed by atoms with van der Waals surface area (Å²) >= 11 is 0. The second kappa shape index (κ2) is 8.20. The molecule has 1 fully saturated rings. The second-order valence-corrected chi connectivity index (χ2v) is 8.55. The van der Waals surface area contributed by atoms with E-state index in [1.165, 1.54) is 5.56 Å². The first-order chi connectivity index (χ1) is 15.5. The standard InChI is InChI=1S/C24H28N8/c1-3-20-24(29-17-7-6-16(25)10-17)31-21-19(12-27-23(26)22(21)30-20)15-11-28-32(13-15)18-8-4-14(2)5-9-18/h4-5,8-9,11-13,16-17H,3,6-7,10,25H2,1-2H3,(H2,26,27)(H,29,31)/t16-,17+/m0/s1. The minimum Gasteiger partial charge on any atom is -0.382 e. The highest BCUT2D eigenvalue weighted by Crippen LogP contribution is 2.31. The van der Waals surface area contributed by atoms with Gasteiger partial charge in [0.1, 0.15) is 16.9 Å². The number of hydrogen-bond acceptors (Lipinski definition) is 7. The Morgan fingerprint density at radius 2 is 1.91 bits per heavy atom. The number of nitrogens with one attached hydrogen (secondary N) is 1. The lowest BCUT2D eigenvalue weighted by Gasteiger charge is -2.17. The van der Waals surface area contributed by atoms with Crippen LogP contribution in [0.2, 0.25) is 0 Å². The quantitative estimate of drug-likeness (QED) is 0.444. The normalized spacial score (nSPS) is 18.3. The number of fused-ring (bicyclic) bond motifs is 1. The number of benzene rings is 1. The number of nitrogens with zero attached hydrogens (tertiary/aromatic N) is 5. The largest absolute Gasteiger partial charge is 0.382 e. The van der Waals surface area contributed by atoms with E-state index in [9.17, 15) is 0 Å². The van der Waals surface area contributed by atoms with Crippen LogP contribution in [0.15, 0.2) is 42.9 Å². The molecule has 1 aliphatic rings. The average molecular weight is 429 g/mol. The van der Waals surface area contributed by atoms with E-state index in [-0.39, 0.29) is 6.04 Å². The predicted molar refractivity (Wildman–Crippen MR) is 128 cm³/mol. The van der Waals surface area contributed by atoms with Gasteiger partial charge >= 0.3 is 0 Å². The average Bonchev–Trinajstić information content (AvgIpc) is 3.43. The number of aryl methyl sites for hydroxylation is 2. The Labute approximate surface area is 187 Å². The highest BCUT2D eigenvalue weighted by molar-refractivity contribution is 5.96. The Morgan fingerprint density at radius 1 is 1.09 bits per heavy atom. The lowest BCUT2D eigenvalue weighted by molar-refractivity contribution is 0.686.